The number of aromatic carboxylic acids is 1. The quantitative estimate of drug-likeness (QED) is 0.828. The number of ether oxygens (including phenoxy) is 1. The summed E-state index contributed by atoms with van der Waals surface area (Å²) in [7, 11) is 1.86. The van der Waals surface area contributed by atoms with E-state index in [-0.39, 0.29) is 11.8 Å². The van der Waals surface area contributed by atoms with Crippen molar-refractivity contribution in [3.8, 4) is 0 Å². The fourth-order valence-corrected chi connectivity index (χ4v) is 2.68. The first-order chi connectivity index (χ1) is 8.13. The summed E-state index contributed by atoms with van der Waals surface area (Å²) in [4.78, 5) is 15.3. The highest BCUT2D eigenvalue weighted by atomic mass is 32.2. The van der Waals surface area contributed by atoms with Gasteiger partial charge in [0.1, 0.15) is 0 Å². The number of thioether (sulfide) groups is 1. The lowest BCUT2D eigenvalue weighted by molar-refractivity contribution is 0.0686. The first-order valence-corrected chi connectivity index (χ1v) is 6.80. The third kappa shape index (κ3) is 2.47. The molecule has 2 rings (SSSR count). The van der Waals surface area contributed by atoms with E-state index < -0.39 is 5.97 Å². The number of imidazole rings is 1. The molecule has 2 heterocycles. The first-order valence-electron chi connectivity index (χ1n) is 5.58. The van der Waals surface area contributed by atoms with Gasteiger partial charge in [-0.25, -0.2) is 9.78 Å². The van der Waals surface area contributed by atoms with E-state index in [4.69, 9.17) is 9.84 Å². The highest BCUT2D eigenvalue weighted by Gasteiger charge is 2.24. The van der Waals surface area contributed by atoms with Crippen molar-refractivity contribution in [2.24, 2.45) is 7.05 Å². The zero-order valence-corrected chi connectivity index (χ0v) is 10.8. The molecule has 0 spiro atoms. The highest BCUT2D eigenvalue weighted by Crippen LogP contribution is 2.23. The van der Waals surface area contributed by atoms with Crippen molar-refractivity contribution < 1.29 is 14.6 Å². The van der Waals surface area contributed by atoms with Crippen LogP contribution in [0.5, 0.6) is 0 Å². The van der Waals surface area contributed by atoms with E-state index in [1.165, 1.54) is 11.8 Å². The Morgan fingerprint density at radius 1 is 1.71 bits per heavy atom. The minimum Gasteiger partial charge on any atom is -0.476 e. The van der Waals surface area contributed by atoms with E-state index in [0.717, 1.165) is 30.3 Å². The van der Waals surface area contributed by atoms with E-state index in [1.807, 2.05) is 17.9 Å². The van der Waals surface area contributed by atoms with Crippen LogP contribution in [0.2, 0.25) is 0 Å². The summed E-state index contributed by atoms with van der Waals surface area (Å²) in [5, 5.41) is 9.88. The second-order valence-corrected chi connectivity index (χ2v) is 4.87. The molecule has 5 nitrogen and oxygen atoms in total. The van der Waals surface area contributed by atoms with Crippen molar-refractivity contribution in [1.82, 2.24) is 9.55 Å². The number of hydrogen-bond acceptors (Lipinski definition) is 4. The number of carbonyl (C=O) groups is 1. The Morgan fingerprint density at radius 3 is 3.00 bits per heavy atom. The third-order valence-electron chi connectivity index (χ3n) is 3.00. The van der Waals surface area contributed by atoms with E-state index in [9.17, 15) is 4.79 Å². The number of nitrogens with zero attached hydrogens (tertiary/aromatic N) is 2. The molecular formula is C11H16N2O3S. The normalized spacial score (nSPS) is 19.8. The van der Waals surface area contributed by atoms with E-state index in [2.05, 4.69) is 4.98 Å². The Bertz CT molecular complexity index is 425. The van der Waals surface area contributed by atoms with Gasteiger partial charge in [0, 0.05) is 20.1 Å². The second kappa shape index (κ2) is 5.10. The predicted octanol–water partition coefficient (Wildman–Crippen LogP) is 1.56. The maximum absolute atomic E-state index is 11.2. The van der Waals surface area contributed by atoms with Gasteiger partial charge in [-0.3, -0.25) is 0 Å². The van der Waals surface area contributed by atoms with Crippen LogP contribution in [0.25, 0.3) is 0 Å². The summed E-state index contributed by atoms with van der Waals surface area (Å²) < 4.78 is 7.41. The highest BCUT2D eigenvalue weighted by molar-refractivity contribution is 7.98. The van der Waals surface area contributed by atoms with Crippen molar-refractivity contribution >= 4 is 17.7 Å². The molecule has 1 aromatic rings. The van der Waals surface area contributed by atoms with Crippen molar-refractivity contribution in [3.63, 3.8) is 0 Å². The number of aromatic nitrogens is 2. The van der Waals surface area contributed by atoms with Crippen LogP contribution in [0.3, 0.4) is 0 Å². The third-order valence-corrected chi connectivity index (χ3v) is 3.73. The van der Waals surface area contributed by atoms with Crippen molar-refractivity contribution in [1.29, 1.82) is 0 Å². The van der Waals surface area contributed by atoms with Crippen LogP contribution in [-0.2, 0) is 18.2 Å². The van der Waals surface area contributed by atoms with E-state index >= 15 is 0 Å². The molecule has 1 N–H and O–H groups in total. The van der Waals surface area contributed by atoms with Crippen LogP contribution in [-0.4, -0.2) is 39.6 Å². The standard InChI is InChI=1S/C11H16N2O3S/c1-13-8(6-7-4-3-5-16-7)9(10(14)15)12-11(13)17-2/h7H,3-6H2,1-2H3,(H,14,15). The maximum atomic E-state index is 11.2. The number of hydrogen-bond donors (Lipinski definition) is 1. The molecule has 0 radical (unpaired) electrons. The summed E-state index contributed by atoms with van der Waals surface area (Å²) in [5.74, 6) is -0.964. The molecule has 1 aliphatic heterocycles. The Morgan fingerprint density at radius 2 is 2.47 bits per heavy atom. The molecular weight excluding hydrogens is 240 g/mol. The fourth-order valence-electron chi connectivity index (χ4n) is 2.12. The van der Waals surface area contributed by atoms with E-state index in [1.54, 1.807) is 0 Å². The molecule has 1 unspecified atom stereocenters. The van der Waals surface area contributed by atoms with Crippen LogP contribution < -0.4 is 0 Å². The van der Waals surface area contributed by atoms with Gasteiger partial charge >= 0.3 is 5.97 Å². The summed E-state index contributed by atoms with van der Waals surface area (Å²) in [6.07, 6.45) is 4.72. The summed E-state index contributed by atoms with van der Waals surface area (Å²) >= 11 is 1.45. The number of carboxylic acid groups (broad SMARTS) is 1. The molecule has 1 aliphatic rings. The van der Waals surface area contributed by atoms with Gasteiger partial charge in [-0.05, 0) is 19.1 Å². The fraction of sp³-hybridized carbons (Fsp3) is 0.636. The Balaban J connectivity index is 2.29. The van der Waals surface area contributed by atoms with Gasteiger partial charge in [-0.1, -0.05) is 11.8 Å². The van der Waals surface area contributed by atoms with E-state index in [0.29, 0.717) is 6.42 Å². The van der Waals surface area contributed by atoms with Crippen LogP contribution in [0.4, 0.5) is 0 Å². The zero-order chi connectivity index (χ0) is 12.4. The lowest BCUT2D eigenvalue weighted by Crippen LogP contribution is -2.15. The molecule has 0 aliphatic carbocycles. The van der Waals surface area contributed by atoms with Crippen LogP contribution in [0, 0.1) is 0 Å². The predicted molar refractivity (Wildman–Crippen MR) is 64.6 cm³/mol. The monoisotopic (exact) mass is 256 g/mol. The lowest BCUT2D eigenvalue weighted by atomic mass is 10.1. The lowest BCUT2D eigenvalue weighted by Gasteiger charge is -2.10. The van der Waals surface area contributed by atoms with Gasteiger partial charge in [0.15, 0.2) is 10.9 Å². The van der Waals surface area contributed by atoms with Gasteiger partial charge in [0.25, 0.3) is 0 Å². The Hall–Kier alpha value is -1.01. The van der Waals surface area contributed by atoms with Crippen molar-refractivity contribution in [2.75, 3.05) is 12.9 Å². The molecule has 1 fully saturated rings. The first kappa shape index (κ1) is 12.4. The summed E-state index contributed by atoms with van der Waals surface area (Å²) in [6, 6.07) is 0. The van der Waals surface area contributed by atoms with Gasteiger partial charge < -0.3 is 14.4 Å². The molecule has 0 amide bonds. The van der Waals surface area contributed by atoms with Crippen molar-refractivity contribution in [2.45, 2.75) is 30.5 Å². The Labute approximate surface area is 104 Å². The molecule has 1 aromatic heterocycles. The van der Waals surface area contributed by atoms with Crippen LogP contribution in [0.1, 0.15) is 29.0 Å². The average Bonchev–Trinajstić information content (AvgIpc) is 2.89. The number of rotatable bonds is 4. The summed E-state index contributed by atoms with van der Waals surface area (Å²) in [5.41, 5.74) is 0.918. The summed E-state index contributed by atoms with van der Waals surface area (Å²) in [6.45, 7) is 0.778. The van der Waals surface area contributed by atoms with Crippen LogP contribution in [0.15, 0.2) is 5.16 Å². The molecule has 94 valence electrons. The molecule has 1 saturated heterocycles. The minimum absolute atomic E-state index is 0.137. The Kier molecular flexibility index (Phi) is 3.73. The zero-order valence-electron chi connectivity index (χ0n) is 9.97. The average molecular weight is 256 g/mol. The molecule has 0 aromatic carbocycles. The molecule has 0 saturated carbocycles. The van der Waals surface area contributed by atoms with Gasteiger partial charge in [-0.2, -0.15) is 0 Å². The molecule has 6 heteroatoms. The minimum atomic E-state index is -0.964. The molecule has 0 bridgehead atoms. The SMILES string of the molecule is CSc1nc(C(=O)O)c(CC2CCCO2)n1C. The smallest absolute Gasteiger partial charge is 0.356 e. The maximum Gasteiger partial charge on any atom is 0.356 e. The van der Waals surface area contributed by atoms with Crippen LogP contribution >= 0.6 is 11.8 Å². The topological polar surface area (TPSA) is 64.3 Å². The van der Waals surface area contributed by atoms with Gasteiger partial charge in [-0.15, -0.1) is 0 Å². The number of carboxylic acids is 1. The van der Waals surface area contributed by atoms with Gasteiger partial charge in [0.05, 0.1) is 11.8 Å². The van der Waals surface area contributed by atoms with Gasteiger partial charge in [0.2, 0.25) is 0 Å². The second-order valence-electron chi connectivity index (χ2n) is 4.10. The molecule has 17 heavy (non-hydrogen) atoms. The largest absolute Gasteiger partial charge is 0.476 e. The molecule has 1 atom stereocenters. The van der Waals surface area contributed by atoms with Crippen molar-refractivity contribution in [3.05, 3.63) is 11.4 Å².